The topological polar surface area (TPSA) is 58.2 Å². The second kappa shape index (κ2) is 8.28. The first kappa shape index (κ1) is 14.2. The highest BCUT2D eigenvalue weighted by Gasteiger charge is 2.01. The van der Waals surface area contributed by atoms with Crippen molar-refractivity contribution in [2.24, 2.45) is 0 Å². The molecular formula is C14H20N2O2. The number of carbonyl (C=O) groups excluding carboxylic acids is 2. The lowest BCUT2D eigenvalue weighted by Crippen LogP contribution is -2.27. The summed E-state index contributed by atoms with van der Waals surface area (Å²) in [6, 6.07) is 9.67. The molecule has 0 bridgehead atoms. The Balaban J connectivity index is 2.05. The molecule has 1 aromatic carbocycles. The predicted octanol–water partition coefficient (Wildman–Crippen LogP) is 1.26. The van der Waals surface area contributed by atoms with Crippen molar-refractivity contribution < 1.29 is 9.59 Å². The summed E-state index contributed by atoms with van der Waals surface area (Å²) in [6.45, 7) is 2.83. The van der Waals surface area contributed by atoms with Crippen LogP contribution in [-0.2, 0) is 16.0 Å². The van der Waals surface area contributed by atoms with Gasteiger partial charge in [-0.25, -0.2) is 0 Å². The van der Waals surface area contributed by atoms with Crippen LogP contribution in [0.4, 0.5) is 0 Å². The van der Waals surface area contributed by atoms with Gasteiger partial charge in [-0.15, -0.1) is 0 Å². The Kier molecular flexibility index (Phi) is 6.54. The standard InChI is InChI=1S/C14H20N2O2/c1-12(17)15-9-5-6-10-16-14(18)11-13-7-3-2-4-8-13/h2-4,7-8H,5-6,9-11H2,1H3,(H,15,17)(H,16,18). The molecule has 0 saturated heterocycles. The first-order chi connectivity index (χ1) is 8.68. The van der Waals surface area contributed by atoms with E-state index in [-0.39, 0.29) is 11.8 Å². The van der Waals surface area contributed by atoms with E-state index >= 15 is 0 Å². The van der Waals surface area contributed by atoms with Gasteiger partial charge in [-0.2, -0.15) is 0 Å². The Morgan fingerprint density at radius 2 is 1.61 bits per heavy atom. The van der Waals surface area contributed by atoms with Crippen LogP contribution in [0.2, 0.25) is 0 Å². The Bertz CT molecular complexity index is 377. The molecule has 2 amide bonds. The molecular weight excluding hydrogens is 228 g/mol. The van der Waals surface area contributed by atoms with Crippen molar-refractivity contribution in [1.29, 1.82) is 0 Å². The molecule has 0 aliphatic heterocycles. The van der Waals surface area contributed by atoms with Gasteiger partial charge in [0.05, 0.1) is 6.42 Å². The molecule has 2 N–H and O–H groups in total. The van der Waals surface area contributed by atoms with Gasteiger partial charge < -0.3 is 10.6 Å². The highest BCUT2D eigenvalue weighted by Crippen LogP contribution is 1.99. The molecule has 0 unspecified atom stereocenters. The van der Waals surface area contributed by atoms with Crippen LogP contribution in [0.3, 0.4) is 0 Å². The van der Waals surface area contributed by atoms with Crippen molar-refractivity contribution in [2.75, 3.05) is 13.1 Å². The zero-order chi connectivity index (χ0) is 13.2. The first-order valence-corrected chi connectivity index (χ1v) is 6.23. The van der Waals surface area contributed by atoms with Crippen LogP contribution in [-0.4, -0.2) is 24.9 Å². The lowest BCUT2D eigenvalue weighted by Gasteiger charge is -2.05. The molecule has 4 heteroatoms. The van der Waals surface area contributed by atoms with E-state index in [0.29, 0.717) is 19.5 Å². The van der Waals surface area contributed by atoms with Crippen LogP contribution in [0.25, 0.3) is 0 Å². The Hall–Kier alpha value is -1.84. The molecule has 18 heavy (non-hydrogen) atoms. The summed E-state index contributed by atoms with van der Waals surface area (Å²) in [6.07, 6.45) is 2.18. The molecule has 0 atom stereocenters. The number of nitrogens with one attached hydrogen (secondary N) is 2. The van der Waals surface area contributed by atoms with Crippen molar-refractivity contribution >= 4 is 11.8 Å². The minimum absolute atomic E-state index is 0.0110. The maximum Gasteiger partial charge on any atom is 0.224 e. The summed E-state index contributed by atoms with van der Waals surface area (Å²) >= 11 is 0. The summed E-state index contributed by atoms with van der Waals surface area (Å²) in [4.78, 5) is 22.2. The number of unbranched alkanes of at least 4 members (excludes halogenated alkanes) is 1. The SMILES string of the molecule is CC(=O)NCCCCNC(=O)Cc1ccccc1. The lowest BCUT2D eigenvalue weighted by molar-refractivity contribution is -0.121. The zero-order valence-electron chi connectivity index (χ0n) is 10.7. The molecule has 0 radical (unpaired) electrons. The third-order valence-corrected chi connectivity index (χ3v) is 2.51. The van der Waals surface area contributed by atoms with E-state index < -0.39 is 0 Å². The van der Waals surface area contributed by atoms with Crippen molar-refractivity contribution in [2.45, 2.75) is 26.2 Å². The average molecular weight is 248 g/mol. The second-order valence-electron chi connectivity index (χ2n) is 4.20. The van der Waals surface area contributed by atoms with Gasteiger partial charge in [0.2, 0.25) is 11.8 Å². The normalized spacial score (nSPS) is 9.83. The molecule has 0 heterocycles. The predicted molar refractivity (Wildman–Crippen MR) is 71.1 cm³/mol. The third-order valence-electron chi connectivity index (χ3n) is 2.51. The third kappa shape index (κ3) is 6.68. The number of benzene rings is 1. The molecule has 0 aliphatic rings. The largest absolute Gasteiger partial charge is 0.356 e. The second-order valence-corrected chi connectivity index (χ2v) is 4.20. The summed E-state index contributed by atoms with van der Waals surface area (Å²) in [5.74, 6) is 0.0313. The summed E-state index contributed by atoms with van der Waals surface area (Å²) in [5.41, 5.74) is 1.02. The molecule has 4 nitrogen and oxygen atoms in total. The monoisotopic (exact) mass is 248 g/mol. The van der Waals surface area contributed by atoms with Crippen molar-refractivity contribution in [1.82, 2.24) is 10.6 Å². The molecule has 1 aromatic rings. The molecule has 1 rings (SSSR count). The van der Waals surface area contributed by atoms with Gasteiger partial charge in [0.15, 0.2) is 0 Å². The number of carbonyl (C=O) groups is 2. The molecule has 0 spiro atoms. The summed E-state index contributed by atoms with van der Waals surface area (Å²) in [5, 5.41) is 5.59. The van der Waals surface area contributed by atoms with Gasteiger partial charge in [0.1, 0.15) is 0 Å². The molecule has 98 valence electrons. The average Bonchev–Trinajstić information content (AvgIpc) is 2.34. The van der Waals surface area contributed by atoms with Crippen LogP contribution in [0.5, 0.6) is 0 Å². The van der Waals surface area contributed by atoms with Crippen LogP contribution < -0.4 is 10.6 Å². The van der Waals surface area contributed by atoms with E-state index in [0.717, 1.165) is 18.4 Å². The Labute approximate surface area is 108 Å². The van der Waals surface area contributed by atoms with E-state index in [1.165, 1.54) is 6.92 Å². The quantitative estimate of drug-likeness (QED) is 0.714. The summed E-state index contributed by atoms with van der Waals surface area (Å²) in [7, 11) is 0. The van der Waals surface area contributed by atoms with Gasteiger partial charge in [-0.05, 0) is 18.4 Å². The van der Waals surface area contributed by atoms with Gasteiger partial charge >= 0.3 is 0 Å². The van der Waals surface area contributed by atoms with Crippen molar-refractivity contribution in [3.8, 4) is 0 Å². The minimum atomic E-state index is -0.0110. The van der Waals surface area contributed by atoms with Gasteiger partial charge in [-0.3, -0.25) is 9.59 Å². The van der Waals surface area contributed by atoms with E-state index in [1.54, 1.807) is 0 Å². The zero-order valence-corrected chi connectivity index (χ0v) is 10.7. The Morgan fingerprint density at radius 3 is 2.22 bits per heavy atom. The van der Waals surface area contributed by atoms with Crippen molar-refractivity contribution in [3.63, 3.8) is 0 Å². The van der Waals surface area contributed by atoms with E-state index in [4.69, 9.17) is 0 Å². The maximum absolute atomic E-state index is 11.6. The molecule has 0 saturated carbocycles. The first-order valence-electron chi connectivity index (χ1n) is 6.23. The molecule has 0 aliphatic carbocycles. The molecule has 0 fully saturated rings. The molecule has 0 aromatic heterocycles. The van der Waals surface area contributed by atoms with Gasteiger partial charge in [0, 0.05) is 20.0 Å². The fraction of sp³-hybridized carbons (Fsp3) is 0.429. The van der Waals surface area contributed by atoms with Crippen LogP contribution in [0.1, 0.15) is 25.3 Å². The lowest BCUT2D eigenvalue weighted by atomic mass is 10.1. The van der Waals surface area contributed by atoms with Crippen LogP contribution >= 0.6 is 0 Å². The highest BCUT2D eigenvalue weighted by molar-refractivity contribution is 5.78. The fourth-order valence-electron chi connectivity index (χ4n) is 1.59. The minimum Gasteiger partial charge on any atom is -0.356 e. The van der Waals surface area contributed by atoms with E-state index in [9.17, 15) is 9.59 Å². The highest BCUT2D eigenvalue weighted by atomic mass is 16.2. The number of hydrogen-bond acceptors (Lipinski definition) is 2. The number of rotatable bonds is 7. The van der Waals surface area contributed by atoms with Gasteiger partial charge in [-0.1, -0.05) is 30.3 Å². The number of hydrogen-bond donors (Lipinski definition) is 2. The van der Waals surface area contributed by atoms with Crippen molar-refractivity contribution in [3.05, 3.63) is 35.9 Å². The summed E-state index contributed by atoms with van der Waals surface area (Å²) < 4.78 is 0. The smallest absolute Gasteiger partial charge is 0.224 e. The van der Waals surface area contributed by atoms with Crippen LogP contribution in [0.15, 0.2) is 30.3 Å². The number of amides is 2. The maximum atomic E-state index is 11.6. The fourth-order valence-corrected chi connectivity index (χ4v) is 1.59. The van der Waals surface area contributed by atoms with E-state index in [2.05, 4.69) is 10.6 Å². The van der Waals surface area contributed by atoms with E-state index in [1.807, 2.05) is 30.3 Å². The Morgan fingerprint density at radius 1 is 1.00 bits per heavy atom. The van der Waals surface area contributed by atoms with Crippen LogP contribution in [0, 0.1) is 0 Å². The van der Waals surface area contributed by atoms with Gasteiger partial charge in [0.25, 0.3) is 0 Å².